The molecule has 1 unspecified atom stereocenters. The average Bonchev–Trinajstić information content (AvgIpc) is 3.32. The summed E-state index contributed by atoms with van der Waals surface area (Å²) in [5.41, 5.74) is -2.91. The highest BCUT2D eigenvalue weighted by Crippen LogP contribution is 2.43. The van der Waals surface area contributed by atoms with E-state index < -0.39 is 51.0 Å². The first kappa shape index (κ1) is 20.7. The SMILES string of the molecule is CCN1CCC2(CCN(c3c(F)c(F)c4c(=O)c(C(=O)O)cn(CC)c4c3F)C2)C1. The molecule has 0 bridgehead atoms. The number of hydrogen-bond acceptors (Lipinski definition) is 4. The Morgan fingerprint density at radius 1 is 1.07 bits per heavy atom. The van der Waals surface area contributed by atoms with Crippen molar-refractivity contribution in [2.45, 2.75) is 33.2 Å². The first-order valence-electron chi connectivity index (χ1n) is 10.2. The monoisotopic (exact) mass is 423 g/mol. The highest BCUT2D eigenvalue weighted by atomic mass is 19.2. The van der Waals surface area contributed by atoms with Gasteiger partial charge in [-0.2, -0.15) is 0 Å². The third-order valence-corrected chi connectivity index (χ3v) is 6.61. The Morgan fingerprint density at radius 3 is 2.37 bits per heavy atom. The van der Waals surface area contributed by atoms with E-state index in [1.54, 1.807) is 6.92 Å². The van der Waals surface area contributed by atoms with Crippen molar-refractivity contribution in [3.05, 3.63) is 39.4 Å². The number of halogens is 3. The Morgan fingerprint density at radius 2 is 1.77 bits per heavy atom. The van der Waals surface area contributed by atoms with Gasteiger partial charge in [-0.1, -0.05) is 6.92 Å². The van der Waals surface area contributed by atoms with E-state index in [1.807, 2.05) is 0 Å². The zero-order valence-corrected chi connectivity index (χ0v) is 17.0. The topological polar surface area (TPSA) is 65.8 Å². The fourth-order valence-electron chi connectivity index (χ4n) is 4.96. The van der Waals surface area contributed by atoms with E-state index in [0.29, 0.717) is 13.1 Å². The van der Waals surface area contributed by atoms with Crippen molar-refractivity contribution >= 4 is 22.6 Å². The second-order valence-electron chi connectivity index (χ2n) is 8.27. The van der Waals surface area contributed by atoms with Crippen LogP contribution in [0.4, 0.5) is 18.9 Å². The second-order valence-corrected chi connectivity index (χ2v) is 8.27. The Balaban J connectivity index is 1.88. The fraction of sp³-hybridized carbons (Fsp3) is 0.524. The van der Waals surface area contributed by atoms with Crippen LogP contribution in [-0.2, 0) is 6.54 Å². The van der Waals surface area contributed by atoms with Gasteiger partial charge in [0.1, 0.15) is 11.3 Å². The number of carbonyl (C=O) groups is 1. The van der Waals surface area contributed by atoms with Crippen LogP contribution in [0, 0.1) is 22.9 Å². The summed E-state index contributed by atoms with van der Waals surface area (Å²) < 4.78 is 46.8. The fourth-order valence-corrected chi connectivity index (χ4v) is 4.96. The van der Waals surface area contributed by atoms with Crippen LogP contribution in [0.1, 0.15) is 37.0 Å². The maximum Gasteiger partial charge on any atom is 0.341 e. The minimum absolute atomic E-state index is 0.0854. The first-order chi connectivity index (χ1) is 14.2. The average molecular weight is 423 g/mol. The van der Waals surface area contributed by atoms with Crippen LogP contribution < -0.4 is 10.3 Å². The molecule has 2 aliphatic heterocycles. The molecule has 1 spiro atoms. The van der Waals surface area contributed by atoms with Gasteiger partial charge in [0.2, 0.25) is 5.43 Å². The lowest BCUT2D eigenvalue weighted by molar-refractivity contribution is 0.0694. The van der Waals surface area contributed by atoms with Crippen molar-refractivity contribution in [2.75, 3.05) is 37.6 Å². The highest BCUT2D eigenvalue weighted by Gasteiger charge is 2.44. The third-order valence-electron chi connectivity index (χ3n) is 6.61. The number of carboxylic acids is 1. The molecule has 6 nitrogen and oxygen atoms in total. The molecular formula is C21H24F3N3O3. The smallest absolute Gasteiger partial charge is 0.341 e. The summed E-state index contributed by atoms with van der Waals surface area (Å²) in [6.07, 6.45) is 2.65. The number of aromatic carboxylic acids is 1. The molecule has 0 aliphatic carbocycles. The summed E-state index contributed by atoms with van der Waals surface area (Å²) in [6.45, 7) is 7.23. The number of anilines is 1. The highest BCUT2D eigenvalue weighted by molar-refractivity contribution is 5.94. The molecule has 30 heavy (non-hydrogen) atoms. The molecule has 0 radical (unpaired) electrons. The molecule has 1 atom stereocenters. The molecule has 1 aromatic carbocycles. The van der Waals surface area contributed by atoms with E-state index in [9.17, 15) is 14.7 Å². The van der Waals surface area contributed by atoms with Crippen molar-refractivity contribution < 1.29 is 23.1 Å². The first-order valence-corrected chi connectivity index (χ1v) is 10.2. The van der Waals surface area contributed by atoms with Crippen LogP contribution in [0.5, 0.6) is 0 Å². The van der Waals surface area contributed by atoms with Crippen molar-refractivity contribution in [1.29, 1.82) is 0 Å². The van der Waals surface area contributed by atoms with E-state index >= 15 is 13.2 Å². The number of hydrogen-bond donors (Lipinski definition) is 1. The molecule has 4 rings (SSSR count). The minimum atomic E-state index is -1.57. The van der Waals surface area contributed by atoms with Gasteiger partial charge in [0.15, 0.2) is 17.5 Å². The van der Waals surface area contributed by atoms with Crippen LogP contribution in [0.25, 0.3) is 10.9 Å². The molecular weight excluding hydrogens is 399 g/mol. The van der Waals surface area contributed by atoms with Gasteiger partial charge in [-0.15, -0.1) is 0 Å². The van der Waals surface area contributed by atoms with Gasteiger partial charge in [0.25, 0.3) is 0 Å². The van der Waals surface area contributed by atoms with Crippen LogP contribution >= 0.6 is 0 Å². The molecule has 2 saturated heterocycles. The van der Waals surface area contributed by atoms with Crippen LogP contribution in [0.15, 0.2) is 11.0 Å². The molecule has 9 heteroatoms. The molecule has 3 heterocycles. The minimum Gasteiger partial charge on any atom is -0.477 e. The van der Waals surface area contributed by atoms with E-state index in [2.05, 4.69) is 11.8 Å². The summed E-state index contributed by atoms with van der Waals surface area (Å²) in [6, 6.07) is 0. The number of aryl methyl sites for hydroxylation is 1. The lowest BCUT2D eigenvalue weighted by atomic mass is 9.86. The second kappa shape index (κ2) is 7.30. The Kier molecular flexibility index (Phi) is 5.04. The van der Waals surface area contributed by atoms with Gasteiger partial charge in [-0.3, -0.25) is 4.79 Å². The van der Waals surface area contributed by atoms with Crippen molar-refractivity contribution in [1.82, 2.24) is 9.47 Å². The van der Waals surface area contributed by atoms with Crippen molar-refractivity contribution in [2.24, 2.45) is 5.41 Å². The predicted octanol–water partition coefficient (Wildman–Crippen LogP) is 3.06. The Hall–Kier alpha value is -2.55. The third kappa shape index (κ3) is 2.98. The lowest BCUT2D eigenvalue weighted by Crippen LogP contribution is -2.32. The number of carboxylic acid groups (broad SMARTS) is 1. The summed E-state index contributed by atoms with van der Waals surface area (Å²) in [5.74, 6) is -5.54. The predicted molar refractivity (Wildman–Crippen MR) is 107 cm³/mol. The molecule has 162 valence electrons. The van der Waals surface area contributed by atoms with E-state index in [1.165, 1.54) is 4.90 Å². The number of likely N-dealkylation sites (tertiary alicyclic amines) is 1. The number of aromatic nitrogens is 1. The largest absolute Gasteiger partial charge is 0.477 e. The summed E-state index contributed by atoms with van der Waals surface area (Å²) in [5, 5.41) is 8.37. The van der Waals surface area contributed by atoms with Crippen molar-refractivity contribution in [3.63, 3.8) is 0 Å². The zero-order chi connectivity index (χ0) is 21.8. The van der Waals surface area contributed by atoms with Crippen LogP contribution in [-0.4, -0.2) is 53.3 Å². The number of pyridine rings is 1. The summed E-state index contributed by atoms with van der Waals surface area (Å²) in [4.78, 5) is 27.7. The molecule has 1 aromatic heterocycles. The number of fused-ring (bicyclic) bond motifs is 1. The Bertz CT molecular complexity index is 1100. The van der Waals surface area contributed by atoms with Gasteiger partial charge in [0.05, 0.1) is 10.9 Å². The molecule has 2 aromatic rings. The van der Waals surface area contributed by atoms with Crippen LogP contribution in [0.2, 0.25) is 0 Å². The van der Waals surface area contributed by atoms with E-state index in [0.717, 1.165) is 43.2 Å². The van der Waals surface area contributed by atoms with Gasteiger partial charge >= 0.3 is 5.97 Å². The van der Waals surface area contributed by atoms with Gasteiger partial charge in [-0.25, -0.2) is 18.0 Å². The van der Waals surface area contributed by atoms with E-state index in [4.69, 9.17) is 0 Å². The molecule has 1 N–H and O–H groups in total. The number of benzene rings is 1. The summed E-state index contributed by atoms with van der Waals surface area (Å²) in [7, 11) is 0. The van der Waals surface area contributed by atoms with Gasteiger partial charge in [-0.05, 0) is 32.9 Å². The van der Waals surface area contributed by atoms with Crippen molar-refractivity contribution in [3.8, 4) is 0 Å². The normalized spacial score (nSPS) is 22.0. The number of rotatable bonds is 4. The molecule has 0 saturated carbocycles. The summed E-state index contributed by atoms with van der Waals surface area (Å²) >= 11 is 0. The molecule has 2 fully saturated rings. The van der Waals surface area contributed by atoms with Gasteiger partial charge < -0.3 is 19.5 Å². The lowest BCUT2D eigenvalue weighted by Gasteiger charge is -2.26. The standard InChI is InChI=1S/C21H24F3N3O3/c1-3-25-7-5-21(10-25)6-8-27(11-21)18-15(23)14(22)13-17(16(18)24)26(4-2)9-12(19(13)28)20(29)30/h9H,3-8,10-11H2,1-2H3,(H,29,30). The number of nitrogens with zero attached hydrogens (tertiary/aromatic N) is 3. The maximum absolute atomic E-state index is 15.6. The van der Waals surface area contributed by atoms with Crippen LogP contribution in [0.3, 0.4) is 0 Å². The molecule has 0 amide bonds. The zero-order valence-electron chi connectivity index (χ0n) is 17.0. The maximum atomic E-state index is 15.6. The van der Waals surface area contributed by atoms with Gasteiger partial charge in [0, 0.05) is 37.8 Å². The quantitative estimate of drug-likeness (QED) is 0.766. The van der Waals surface area contributed by atoms with E-state index in [-0.39, 0.29) is 12.0 Å². The Labute approximate surface area is 171 Å². The molecule has 2 aliphatic rings.